The van der Waals surface area contributed by atoms with Crippen LogP contribution in [0.1, 0.15) is 79.3 Å². The Morgan fingerprint density at radius 1 is 0.923 bits per heavy atom. The monoisotopic (exact) mass is 350 g/mol. The van der Waals surface area contributed by atoms with Crippen molar-refractivity contribution < 1.29 is 0 Å². The quantitative estimate of drug-likeness (QED) is 0.867. The smallest absolute Gasteiger partial charge is 0.153 e. The zero-order valence-corrected chi connectivity index (χ0v) is 15.1. The van der Waals surface area contributed by atoms with Crippen LogP contribution < -0.4 is 0 Å². The summed E-state index contributed by atoms with van der Waals surface area (Å²) >= 11 is 0. The van der Waals surface area contributed by atoms with Crippen molar-refractivity contribution in [2.45, 2.75) is 62.8 Å². The lowest BCUT2D eigenvalue weighted by atomic mass is 9.91. The normalized spacial score (nSPS) is 29.4. The Hall–Kier alpha value is -1.82. The molecule has 2 atom stereocenters. The van der Waals surface area contributed by atoms with Gasteiger partial charge in [-0.05, 0) is 50.4 Å². The van der Waals surface area contributed by atoms with Crippen LogP contribution in [0.2, 0.25) is 0 Å². The van der Waals surface area contributed by atoms with Gasteiger partial charge in [0.05, 0.1) is 0 Å². The number of H-pyrrole nitrogens is 1. The number of hydrogen-bond acceptors (Lipinski definition) is 5. The average molecular weight is 350 g/mol. The maximum atomic E-state index is 4.88. The van der Waals surface area contributed by atoms with E-state index >= 15 is 0 Å². The number of nitrogens with zero attached hydrogens (tertiary/aromatic N) is 5. The second-order valence-electron chi connectivity index (χ2n) is 8.88. The lowest BCUT2D eigenvalue weighted by molar-refractivity contribution is 0.309. The molecule has 136 valence electrons. The fraction of sp³-hybridized carbons (Fsp3) is 0.700. The van der Waals surface area contributed by atoms with Crippen molar-refractivity contribution in [1.82, 2.24) is 30.0 Å². The van der Waals surface area contributed by atoms with E-state index in [1.54, 1.807) is 0 Å². The van der Waals surface area contributed by atoms with Crippen molar-refractivity contribution in [3.8, 4) is 0 Å². The van der Waals surface area contributed by atoms with Gasteiger partial charge in [-0.25, -0.2) is 15.0 Å². The maximum absolute atomic E-state index is 4.88. The van der Waals surface area contributed by atoms with Crippen LogP contribution in [0.25, 0.3) is 0 Å². The van der Waals surface area contributed by atoms with Crippen LogP contribution in [-0.4, -0.2) is 43.1 Å². The maximum Gasteiger partial charge on any atom is 0.153 e. The summed E-state index contributed by atoms with van der Waals surface area (Å²) in [5, 5.41) is 7.78. The third kappa shape index (κ3) is 2.94. The van der Waals surface area contributed by atoms with Gasteiger partial charge in [-0.15, -0.1) is 0 Å². The summed E-state index contributed by atoms with van der Waals surface area (Å²) in [5.41, 5.74) is 1.24. The molecule has 0 radical (unpaired) electrons. The molecule has 4 fully saturated rings. The van der Waals surface area contributed by atoms with Crippen LogP contribution in [0, 0.1) is 11.8 Å². The molecule has 6 heteroatoms. The highest BCUT2D eigenvalue weighted by Gasteiger charge is 2.44. The molecule has 3 saturated carbocycles. The van der Waals surface area contributed by atoms with Crippen molar-refractivity contribution in [2.24, 2.45) is 11.8 Å². The minimum atomic E-state index is 0.508. The molecule has 1 N–H and O–H groups in total. The lowest BCUT2D eigenvalue weighted by Gasteiger charge is -2.15. The second kappa shape index (κ2) is 5.84. The van der Waals surface area contributed by atoms with E-state index in [9.17, 15) is 0 Å². The summed E-state index contributed by atoms with van der Waals surface area (Å²) in [6.45, 7) is 3.19. The van der Waals surface area contributed by atoms with Crippen LogP contribution in [0.3, 0.4) is 0 Å². The molecular formula is C20H26N6. The molecule has 6 rings (SSSR count). The van der Waals surface area contributed by atoms with Gasteiger partial charge < -0.3 is 0 Å². The Morgan fingerprint density at radius 2 is 1.65 bits per heavy atom. The molecule has 1 saturated heterocycles. The van der Waals surface area contributed by atoms with E-state index in [4.69, 9.17) is 4.98 Å². The molecule has 2 aromatic rings. The Morgan fingerprint density at radius 3 is 2.35 bits per heavy atom. The van der Waals surface area contributed by atoms with Gasteiger partial charge in [0, 0.05) is 55.3 Å². The minimum absolute atomic E-state index is 0.508. The van der Waals surface area contributed by atoms with Crippen molar-refractivity contribution >= 4 is 0 Å². The zero-order chi connectivity index (χ0) is 17.1. The van der Waals surface area contributed by atoms with E-state index in [1.807, 2.05) is 12.4 Å². The molecule has 0 unspecified atom stereocenters. The van der Waals surface area contributed by atoms with Crippen molar-refractivity contribution in [2.75, 3.05) is 13.1 Å². The standard InChI is InChI=1S/C20H26N6/c1-2-13(1)16-10-26(9-12-7-21-18(22-8-12)14-3-4-14)11-17(16)20-23-19(24-25-20)15-5-6-15/h7-8,13-17H,1-6,9-11H2,(H,23,24,25)/t16-,17+/m1/s1. The van der Waals surface area contributed by atoms with E-state index in [1.165, 1.54) is 50.6 Å². The first kappa shape index (κ1) is 15.3. The van der Waals surface area contributed by atoms with E-state index in [0.717, 1.165) is 42.4 Å². The van der Waals surface area contributed by atoms with Crippen molar-refractivity contribution in [3.63, 3.8) is 0 Å². The highest BCUT2D eigenvalue weighted by molar-refractivity contribution is 5.14. The van der Waals surface area contributed by atoms with Gasteiger partial charge in [0.2, 0.25) is 0 Å². The Labute approximate surface area is 153 Å². The van der Waals surface area contributed by atoms with Crippen LogP contribution in [0.4, 0.5) is 0 Å². The molecule has 6 nitrogen and oxygen atoms in total. The molecule has 2 aromatic heterocycles. The molecule has 0 aromatic carbocycles. The second-order valence-corrected chi connectivity index (χ2v) is 8.88. The number of nitrogens with one attached hydrogen (secondary N) is 1. The first-order chi connectivity index (χ1) is 12.8. The summed E-state index contributed by atoms with van der Waals surface area (Å²) in [7, 11) is 0. The summed E-state index contributed by atoms with van der Waals surface area (Å²) in [6.07, 6.45) is 11.9. The number of rotatable bonds is 6. The molecular weight excluding hydrogens is 324 g/mol. The Bertz CT molecular complexity index is 787. The predicted molar refractivity (Wildman–Crippen MR) is 96.6 cm³/mol. The number of aromatic amines is 1. The molecule has 0 spiro atoms. The van der Waals surface area contributed by atoms with Crippen LogP contribution >= 0.6 is 0 Å². The van der Waals surface area contributed by atoms with Gasteiger partial charge in [0.15, 0.2) is 5.82 Å². The van der Waals surface area contributed by atoms with Gasteiger partial charge in [-0.3, -0.25) is 10.00 Å². The van der Waals surface area contributed by atoms with Gasteiger partial charge in [0.25, 0.3) is 0 Å². The van der Waals surface area contributed by atoms with Crippen molar-refractivity contribution in [3.05, 3.63) is 35.4 Å². The lowest BCUT2D eigenvalue weighted by Crippen LogP contribution is -2.21. The number of aromatic nitrogens is 5. The van der Waals surface area contributed by atoms with Gasteiger partial charge >= 0.3 is 0 Å². The molecule has 26 heavy (non-hydrogen) atoms. The first-order valence-corrected chi connectivity index (χ1v) is 10.3. The average Bonchev–Trinajstić information content (AvgIpc) is 3.53. The largest absolute Gasteiger partial charge is 0.298 e. The van der Waals surface area contributed by atoms with E-state index < -0.39 is 0 Å². The van der Waals surface area contributed by atoms with Crippen LogP contribution in [0.15, 0.2) is 12.4 Å². The van der Waals surface area contributed by atoms with Crippen LogP contribution in [-0.2, 0) is 6.54 Å². The fourth-order valence-electron chi connectivity index (χ4n) is 4.57. The minimum Gasteiger partial charge on any atom is -0.298 e. The van der Waals surface area contributed by atoms with Gasteiger partial charge in [-0.1, -0.05) is 0 Å². The molecule has 1 aliphatic heterocycles. The molecule has 3 aliphatic carbocycles. The fourth-order valence-corrected chi connectivity index (χ4v) is 4.57. The first-order valence-electron chi connectivity index (χ1n) is 10.3. The molecule has 4 aliphatic rings. The zero-order valence-electron chi connectivity index (χ0n) is 15.1. The van der Waals surface area contributed by atoms with Crippen molar-refractivity contribution in [1.29, 1.82) is 0 Å². The molecule has 0 amide bonds. The molecule has 3 heterocycles. The highest BCUT2D eigenvalue weighted by atomic mass is 15.2. The summed E-state index contributed by atoms with van der Waals surface area (Å²) < 4.78 is 0. The summed E-state index contributed by atoms with van der Waals surface area (Å²) in [6, 6.07) is 0. The Kier molecular flexibility index (Phi) is 3.43. The van der Waals surface area contributed by atoms with E-state index in [0.29, 0.717) is 17.8 Å². The van der Waals surface area contributed by atoms with Gasteiger partial charge in [0.1, 0.15) is 11.6 Å². The van der Waals surface area contributed by atoms with Crippen LogP contribution in [0.5, 0.6) is 0 Å². The topological polar surface area (TPSA) is 70.6 Å². The molecule has 0 bridgehead atoms. The van der Waals surface area contributed by atoms with E-state index in [2.05, 4.69) is 25.1 Å². The third-order valence-corrected chi connectivity index (χ3v) is 6.56. The summed E-state index contributed by atoms with van der Waals surface area (Å²) in [5.74, 6) is 6.59. The van der Waals surface area contributed by atoms with Gasteiger partial charge in [-0.2, -0.15) is 5.10 Å². The number of likely N-dealkylation sites (tertiary alicyclic amines) is 1. The number of hydrogen-bond donors (Lipinski definition) is 1. The third-order valence-electron chi connectivity index (χ3n) is 6.56. The van der Waals surface area contributed by atoms with E-state index in [-0.39, 0.29) is 0 Å². The predicted octanol–water partition coefficient (Wildman–Crippen LogP) is 2.98. The summed E-state index contributed by atoms with van der Waals surface area (Å²) in [4.78, 5) is 16.6. The Balaban J connectivity index is 1.17. The highest BCUT2D eigenvalue weighted by Crippen LogP contribution is 2.47. The SMILES string of the molecule is c1nc(C2CC2)ncc1CN1C[C@H](c2nc(C3CC3)n[nH]2)[C@@H](C2CC2)C1.